The summed E-state index contributed by atoms with van der Waals surface area (Å²) < 4.78 is 41.0. The second-order valence-corrected chi connectivity index (χ2v) is 7.74. The second kappa shape index (κ2) is 6.62. The molecular weight excluding hydrogens is 357 g/mol. The van der Waals surface area contributed by atoms with Crippen LogP contribution in [0.2, 0.25) is 5.02 Å². The van der Waals surface area contributed by atoms with Crippen LogP contribution in [0.5, 0.6) is 0 Å². The van der Waals surface area contributed by atoms with Crippen molar-refractivity contribution < 1.29 is 12.8 Å². The summed E-state index contributed by atoms with van der Waals surface area (Å²) >= 11 is 5.60. The number of nitrogens with one attached hydrogen (secondary N) is 1. The number of aromatic nitrogens is 2. The summed E-state index contributed by atoms with van der Waals surface area (Å²) in [6.07, 6.45) is 2.12. The third-order valence-corrected chi connectivity index (χ3v) is 5.45. The highest BCUT2D eigenvalue weighted by atomic mass is 35.5. The summed E-state index contributed by atoms with van der Waals surface area (Å²) in [5.41, 5.74) is 0.561. The third-order valence-electron chi connectivity index (χ3n) is 3.70. The van der Waals surface area contributed by atoms with Crippen molar-refractivity contribution in [2.75, 3.05) is 6.54 Å². The Morgan fingerprint density at radius 2 is 2.04 bits per heavy atom. The lowest BCUT2D eigenvalue weighted by Crippen LogP contribution is -2.32. The van der Waals surface area contributed by atoms with Gasteiger partial charge in [0.15, 0.2) is 0 Å². The summed E-state index contributed by atoms with van der Waals surface area (Å²) in [5.74, 6) is -0.293. The van der Waals surface area contributed by atoms with Gasteiger partial charge < -0.3 is 0 Å². The Morgan fingerprint density at radius 1 is 1.29 bits per heavy atom. The standard InChI is InChI=1S/C15H15ClFN3O3S/c16-12-9-11(3-4-13(12)17)24(22,23)18-7-8-20-15(21)6-5-14(19-20)10-1-2-10/h3-6,9-10,18H,1-2,7-8H2. The van der Waals surface area contributed by atoms with Crippen molar-refractivity contribution >= 4 is 21.6 Å². The van der Waals surface area contributed by atoms with Crippen molar-refractivity contribution in [1.82, 2.24) is 14.5 Å². The summed E-state index contributed by atoms with van der Waals surface area (Å²) in [7, 11) is -3.84. The van der Waals surface area contributed by atoms with E-state index < -0.39 is 15.8 Å². The molecule has 1 saturated carbocycles. The average molecular weight is 372 g/mol. The number of benzene rings is 1. The van der Waals surface area contributed by atoms with Gasteiger partial charge in [-0.05, 0) is 37.1 Å². The first-order valence-corrected chi connectivity index (χ1v) is 9.26. The second-order valence-electron chi connectivity index (χ2n) is 5.57. The van der Waals surface area contributed by atoms with Crippen LogP contribution in [0.1, 0.15) is 24.5 Å². The Balaban J connectivity index is 1.68. The molecule has 1 aromatic heterocycles. The number of nitrogens with zero attached hydrogens (tertiary/aromatic N) is 2. The molecule has 0 radical (unpaired) electrons. The molecule has 6 nitrogen and oxygen atoms in total. The summed E-state index contributed by atoms with van der Waals surface area (Å²) in [6.45, 7) is 0.0892. The molecule has 0 aliphatic heterocycles. The number of halogens is 2. The maximum absolute atomic E-state index is 13.1. The molecule has 128 valence electrons. The monoisotopic (exact) mass is 371 g/mol. The number of hydrogen-bond donors (Lipinski definition) is 1. The largest absolute Gasteiger partial charge is 0.268 e. The minimum Gasteiger partial charge on any atom is -0.268 e. The predicted molar refractivity (Wildman–Crippen MR) is 87.1 cm³/mol. The molecule has 1 heterocycles. The molecule has 2 aromatic rings. The van der Waals surface area contributed by atoms with Gasteiger partial charge in [-0.25, -0.2) is 22.2 Å². The van der Waals surface area contributed by atoms with Gasteiger partial charge in [-0.3, -0.25) is 4.79 Å². The van der Waals surface area contributed by atoms with Gasteiger partial charge in [0, 0.05) is 18.5 Å². The highest BCUT2D eigenvalue weighted by Gasteiger charge is 2.25. The summed E-state index contributed by atoms with van der Waals surface area (Å²) in [5, 5.41) is 3.98. The Morgan fingerprint density at radius 3 is 2.71 bits per heavy atom. The molecule has 1 aliphatic carbocycles. The van der Waals surface area contributed by atoms with Crippen molar-refractivity contribution in [2.24, 2.45) is 0 Å². The molecule has 9 heteroatoms. The van der Waals surface area contributed by atoms with Gasteiger partial charge in [-0.1, -0.05) is 11.6 Å². The van der Waals surface area contributed by atoms with E-state index in [0.29, 0.717) is 5.92 Å². The lowest BCUT2D eigenvalue weighted by molar-refractivity contribution is 0.540. The van der Waals surface area contributed by atoms with Gasteiger partial charge in [-0.2, -0.15) is 5.10 Å². The van der Waals surface area contributed by atoms with Crippen LogP contribution in [0, 0.1) is 5.82 Å². The van der Waals surface area contributed by atoms with E-state index in [0.717, 1.165) is 36.7 Å². The van der Waals surface area contributed by atoms with Crippen molar-refractivity contribution in [3.63, 3.8) is 0 Å². The minimum atomic E-state index is -3.84. The molecule has 1 aliphatic rings. The van der Waals surface area contributed by atoms with Gasteiger partial charge in [0.05, 0.1) is 22.2 Å². The van der Waals surface area contributed by atoms with Crippen LogP contribution in [0.3, 0.4) is 0 Å². The smallest absolute Gasteiger partial charge is 0.266 e. The minimum absolute atomic E-state index is 0.0155. The van der Waals surface area contributed by atoms with E-state index in [9.17, 15) is 17.6 Å². The van der Waals surface area contributed by atoms with Gasteiger partial charge in [-0.15, -0.1) is 0 Å². The fourth-order valence-corrected chi connectivity index (χ4v) is 3.53. The van der Waals surface area contributed by atoms with E-state index in [4.69, 9.17) is 11.6 Å². The first kappa shape index (κ1) is 17.1. The van der Waals surface area contributed by atoms with Gasteiger partial charge >= 0.3 is 0 Å². The summed E-state index contributed by atoms with van der Waals surface area (Å²) in [4.78, 5) is 11.6. The fraction of sp³-hybridized carbons (Fsp3) is 0.333. The SMILES string of the molecule is O=c1ccc(C2CC2)nn1CCNS(=O)(=O)c1ccc(F)c(Cl)c1. The fourth-order valence-electron chi connectivity index (χ4n) is 2.23. The molecule has 1 N–H and O–H groups in total. The molecular formula is C15H15ClFN3O3S. The zero-order chi connectivity index (χ0) is 17.3. The van der Waals surface area contributed by atoms with E-state index in [2.05, 4.69) is 9.82 Å². The molecule has 1 aromatic carbocycles. The topological polar surface area (TPSA) is 81.1 Å². The molecule has 24 heavy (non-hydrogen) atoms. The summed E-state index contributed by atoms with van der Waals surface area (Å²) in [6, 6.07) is 6.30. The van der Waals surface area contributed by atoms with E-state index in [1.54, 1.807) is 6.07 Å². The van der Waals surface area contributed by atoms with E-state index in [1.807, 2.05) is 0 Å². The van der Waals surface area contributed by atoms with Crippen LogP contribution >= 0.6 is 11.6 Å². The van der Waals surface area contributed by atoms with E-state index in [-0.39, 0.29) is 28.6 Å². The lowest BCUT2D eigenvalue weighted by atomic mass is 10.3. The van der Waals surface area contributed by atoms with Gasteiger partial charge in [0.1, 0.15) is 5.82 Å². The zero-order valence-electron chi connectivity index (χ0n) is 12.6. The number of rotatable bonds is 6. The van der Waals surface area contributed by atoms with Gasteiger partial charge in [0.2, 0.25) is 10.0 Å². The van der Waals surface area contributed by atoms with Crippen molar-refractivity contribution in [3.05, 3.63) is 57.2 Å². The molecule has 3 rings (SSSR count). The Bertz CT molecular complexity index is 926. The molecule has 0 saturated heterocycles. The van der Waals surface area contributed by atoms with Crippen molar-refractivity contribution in [3.8, 4) is 0 Å². The predicted octanol–water partition coefficient (Wildman–Crippen LogP) is 1.89. The van der Waals surface area contributed by atoms with Crippen LogP contribution in [0.15, 0.2) is 40.0 Å². The highest BCUT2D eigenvalue weighted by Crippen LogP contribution is 2.38. The third kappa shape index (κ3) is 3.82. The first-order valence-electron chi connectivity index (χ1n) is 7.39. The Hall–Kier alpha value is -1.77. The number of sulfonamides is 1. The van der Waals surface area contributed by atoms with E-state index >= 15 is 0 Å². The van der Waals surface area contributed by atoms with Crippen LogP contribution < -0.4 is 10.3 Å². The highest BCUT2D eigenvalue weighted by molar-refractivity contribution is 7.89. The zero-order valence-corrected chi connectivity index (χ0v) is 14.1. The van der Waals surface area contributed by atoms with E-state index in [1.165, 1.54) is 10.7 Å². The first-order chi connectivity index (χ1) is 11.4. The maximum Gasteiger partial charge on any atom is 0.266 e. The number of hydrogen-bond acceptors (Lipinski definition) is 4. The van der Waals surface area contributed by atoms with Crippen LogP contribution in [0.4, 0.5) is 4.39 Å². The lowest BCUT2D eigenvalue weighted by Gasteiger charge is -2.09. The molecule has 0 bridgehead atoms. The van der Waals surface area contributed by atoms with Crippen molar-refractivity contribution in [2.45, 2.75) is 30.2 Å². The maximum atomic E-state index is 13.1. The molecule has 1 fully saturated rings. The Labute approximate surface area is 143 Å². The average Bonchev–Trinajstić information content (AvgIpc) is 3.36. The van der Waals surface area contributed by atoms with Crippen molar-refractivity contribution in [1.29, 1.82) is 0 Å². The molecule has 0 unspecified atom stereocenters. The van der Waals surface area contributed by atoms with Crippen LogP contribution in [-0.2, 0) is 16.6 Å². The molecule has 0 spiro atoms. The van der Waals surface area contributed by atoms with Gasteiger partial charge in [0.25, 0.3) is 5.56 Å². The van der Waals surface area contributed by atoms with Crippen LogP contribution in [-0.4, -0.2) is 24.7 Å². The molecule has 0 amide bonds. The quantitative estimate of drug-likeness (QED) is 0.840. The molecule has 0 atom stereocenters. The van der Waals surface area contributed by atoms with Crippen LogP contribution in [0.25, 0.3) is 0 Å². The normalized spacial score (nSPS) is 14.8. The Kier molecular flexibility index (Phi) is 4.71.